The van der Waals surface area contributed by atoms with Gasteiger partial charge in [0.05, 0.1) is 36.5 Å². The van der Waals surface area contributed by atoms with E-state index in [-0.39, 0.29) is 124 Å². The molecule has 0 fully saturated rings. The van der Waals surface area contributed by atoms with E-state index >= 15 is 0 Å². The maximum atomic E-state index is 10.8. The van der Waals surface area contributed by atoms with Gasteiger partial charge in [-0.3, -0.25) is 20.0 Å². The summed E-state index contributed by atoms with van der Waals surface area (Å²) in [6, 6.07) is 36.8. The summed E-state index contributed by atoms with van der Waals surface area (Å²) in [5.74, 6) is 5.42. The number of nitrogens with two attached hydrogens (primary N) is 1. The van der Waals surface area contributed by atoms with Crippen LogP contribution in [0.5, 0.6) is 0 Å². The first-order chi connectivity index (χ1) is 23.0. The van der Waals surface area contributed by atoms with Crippen LogP contribution in [0.3, 0.4) is 0 Å². The molecule has 0 aliphatic carbocycles. The van der Waals surface area contributed by atoms with Gasteiger partial charge in [0.2, 0.25) is 0 Å². The molecule has 0 saturated heterocycles. The van der Waals surface area contributed by atoms with Crippen LogP contribution in [0.1, 0.15) is 69.2 Å². The first-order valence-electron chi connectivity index (χ1n) is 14.3. The summed E-state index contributed by atoms with van der Waals surface area (Å²) in [6.45, 7) is 15.0. The minimum absolute atomic E-state index is 0. The molecule has 4 aromatic carbocycles. The van der Waals surface area contributed by atoms with Gasteiger partial charge in [0.1, 0.15) is 0 Å². The van der Waals surface area contributed by atoms with Gasteiger partial charge in [-0.2, -0.15) is 10.5 Å². The van der Waals surface area contributed by atoms with E-state index in [1.807, 2.05) is 87.7 Å². The maximum absolute atomic E-state index is 10.8. The Morgan fingerprint density at radius 3 is 1.70 bits per heavy atom. The fraction of sp³-hybridized carbons (Fsp3) is 0.162. The summed E-state index contributed by atoms with van der Waals surface area (Å²) in [6.07, 6.45) is 0. The molecule has 0 saturated carbocycles. The van der Waals surface area contributed by atoms with Crippen molar-refractivity contribution in [2.75, 3.05) is 6.54 Å². The number of carbonyl (C=O) groups is 2. The fourth-order valence-electron chi connectivity index (χ4n) is 3.27. The first kappa shape index (κ1) is 53.6. The number of hydrogen-bond donors (Lipinski definition) is 2. The number of nitrogens with one attached hydrogen (secondary N) is 1. The van der Waals surface area contributed by atoms with Crippen LogP contribution in [0.25, 0.3) is 4.85 Å². The molecule has 13 heteroatoms. The van der Waals surface area contributed by atoms with Gasteiger partial charge in [-0.25, -0.2) is 15.7 Å². The van der Waals surface area contributed by atoms with E-state index in [4.69, 9.17) is 33.0 Å². The Labute approximate surface area is 382 Å². The Morgan fingerprint density at radius 2 is 1.30 bits per heavy atom. The van der Waals surface area contributed by atoms with Crippen LogP contribution >= 0.6 is 0 Å². The summed E-state index contributed by atoms with van der Waals surface area (Å²) in [4.78, 5) is 34.2. The summed E-state index contributed by atoms with van der Waals surface area (Å²) >= 11 is 0. The van der Waals surface area contributed by atoms with Gasteiger partial charge in [-0.1, -0.05) is 120 Å². The molecule has 250 valence electrons. The maximum Gasteiger partial charge on any atom is 1.00 e. The number of nitrogen functional groups attached to an aromatic ring is 1. The molecule has 1 heterocycles. The predicted octanol–water partition coefficient (Wildman–Crippen LogP) is 0.451. The summed E-state index contributed by atoms with van der Waals surface area (Å²) in [7, 11) is 0. The van der Waals surface area contributed by atoms with Crippen molar-refractivity contribution in [2.45, 2.75) is 35.1 Å². The molecule has 1 amide bonds. The van der Waals surface area contributed by atoms with E-state index in [9.17, 15) is 4.79 Å². The van der Waals surface area contributed by atoms with Crippen molar-refractivity contribution in [1.29, 1.82) is 10.5 Å². The number of rotatable bonds is 4. The monoisotopic (exact) mass is 725 g/mol. The molecular weight excluding hydrogens is 685 g/mol. The van der Waals surface area contributed by atoms with Crippen molar-refractivity contribution in [2.24, 2.45) is 15.8 Å². The van der Waals surface area contributed by atoms with Crippen molar-refractivity contribution >= 4 is 29.6 Å². The van der Waals surface area contributed by atoms with Gasteiger partial charge in [-0.15, -0.1) is 0 Å². The molecule has 5 rings (SSSR count). The number of amides is 1. The number of amidine groups is 1. The number of nitriles is 2. The van der Waals surface area contributed by atoms with Crippen LogP contribution < -0.4 is 119 Å². The number of carbonyl (C=O) groups excluding carboxylic acids is 2. The van der Waals surface area contributed by atoms with Crippen molar-refractivity contribution in [3.8, 4) is 12.1 Å². The first-order valence-corrected chi connectivity index (χ1v) is 14.3. The molecule has 0 radical (unpaired) electrons. The zero-order valence-electron chi connectivity index (χ0n) is 29.6. The summed E-state index contributed by atoms with van der Waals surface area (Å²) in [5, 5.41) is 25.6. The quantitative estimate of drug-likeness (QED) is 0.0583. The molecule has 1 aliphatic heterocycles. The number of aliphatic imine (C=N–C) groups is 2. The van der Waals surface area contributed by atoms with Gasteiger partial charge in [0.25, 0.3) is 12.4 Å². The summed E-state index contributed by atoms with van der Waals surface area (Å²) < 4.78 is 0. The topological polar surface area (TPSA) is 181 Å². The smallest absolute Gasteiger partial charge is 1.00 e. The van der Waals surface area contributed by atoms with Crippen molar-refractivity contribution in [1.82, 2.24) is 5.43 Å². The van der Waals surface area contributed by atoms with Crippen molar-refractivity contribution in [3.63, 3.8) is 0 Å². The molecule has 0 atom stereocenters. The van der Waals surface area contributed by atoms with Crippen LogP contribution in [0, 0.1) is 29.2 Å². The minimum Gasteiger partial charge on any atom is -1.00 e. The third kappa shape index (κ3) is 21.8. The molecule has 11 nitrogen and oxygen atoms in total. The van der Waals surface area contributed by atoms with Gasteiger partial charge < -0.3 is 11.6 Å². The minimum atomic E-state index is -0.263. The predicted molar refractivity (Wildman–Crippen MR) is 189 cm³/mol. The molecule has 0 unspecified atom stereocenters. The second-order valence-electron chi connectivity index (χ2n) is 8.06. The Kier molecular flexibility index (Phi) is 38.2. The molecular formula is C37H41K2N7O4. The summed E-state index contributed by atoms with van der Waals surface area (Å²) in [5.41, 5.74) is 7.44. The van der Waals surface area contributed by atoms with Crippen LogP contribution in [-0.4, -0.2) is 30.5 Å². The third-order valence-corrected chi connectivity index (χ3v) is 5.33. The third-order valence-electron chi connectivity index (χ3n) is 5.33. The average molecular weight is 726 g/mol. The Hall–Kier alpha value is -3.18. The molecule has 0 spiro atoms. The van der Waals surface area contributed by atoms with E-state index in [1.165, 1.54) is 0 Å². The number of benzene rings is 4. The molecule has 50 heavy (non-hydrogen) atoms. The van der Waals surface area contributed by atoms with Gasteiger partial charge in [0, 0.05) is 16.7 Å². The molecule has 1 aliphatic rings. The van der Waals surface area contributed by atoms with Crippen molar-refractivity contribution in [3.05, 3.63) is 148 Å². The van der Waals surface area contributed by atoms with Crippen LogP contribution in [0.2, 0.25) is 0 Å². The molecule has 4 aromatic rings. The van der Waals surface area contributed by atoms with E-state index in [1.54, 1.807) is 60.7 Å². The largest absolute Gasteiger partial charge is 1.00 e. The van der Waals surface area contributed by atoms with Crippen molar-refractivity contribution < 1.29 is 124 Å². The van der Waals surface area contributed by atoms with E-state index < -0.39 is 0 Å². The SMILES string of the molecule is C.CC.CC.N#Cc1ccc(C2=NC(c3ccccc3)=NC2)cc1.NNC(=O)c1ccccc1.O=CO[O-].[C-]#[N+]c1ccc(C#N)cc1.[H-].[K+].[K+]. The standard InChI is InChI=1S/C16H11N3.C8H4N2.C7H8N2O.2C2H6.CH2O3.CH4.2K.H/c17-10-12-6-8-13(9-7-12)15-11-18-16(19-15)14-4-2-1-3-5-14;1-10-8-4-2-7(6-9)3-5-8;8-9-7(10)6-4-2-1-3-5-6;2*1-2;2-1-4-3;;;;/h1-9H,11H2;2-5H;1-5H,8H2,(H,9,10);2*1-2H3;1,3H;1H4;;;/q;;;;;;;2*+1;-1/p-1. The van der Waals surface area contributed by atoms with Gasteiger partial charge >= 0.3 is 103 Å². The Balaban J connectivity index is -0.000000191. The number of hydrazine groups is 1. The van der Waals surface area contributed by atoms with E-state index in [2.05, 4.69) is 25.8 Å². The van der Waals surface area contributed by atoms with Gasteiger partial charge in [0.15, 0.2) is 11.5 Å². The average Bonchev–Trinajstić information content (AvgIpc) is 3.68. The normalized spacial score (nSPS) is 9.18. The second kappa shape index (κ2) is 35.6. The molecule has 3 N–H and O–H groups in total. The van der Waals surface area contributed by atoms with E-state index in [0.717, 1.165) is 22.7 Å². The zero-order chi connectivity index (χ0) is 35.3. The number of hydrogen-bond acceptors (Lipinski definition) is 9. The zero-order valence-corrected chi connectivity index (χ0v) is 34.9. The Bertz CT molecular complexity index is 1640. The van der Waals surface area contributed by atoms with Crippen LogP contribution in [-0.2, 0) is 9.68 Å². The van der Waals surface area contributed by atoms with Gasteiger partial charge in [-0.05, 0) is 29.8 Å². The van der Waals surface area contributed by atoms with E-state index in [0.29, 0.717) is 28.9 Å². The Morgan fingerprint density at radius 1 is 0.860 bits per heavy atom. The second-order valence-corrected chi connectivity index (χ2v) is 8.06. The number of nitrogens with zero attached hydrogens (tertiary/aromatic N) is 5. The fourth-order valence-corrected chi connectivity index (χ4v) is 3.27. The van der Waals surface area contributed by atoms with Crippen LogP contribution in [0.4, 0.5) is 5.69 Å². The molecule has 0 aromatic heterocycles. The van der Waals surface area contributed by atoms with Crippen LogP contribution in [0.15, 0.2) is 119 Å². The molecule has 0 bridgehead atoms.